The molecular formula is C5H15N9Si. The Morgan fingerprint density at radius 2 is 1.07 bits per heavy atom. The molecule has 0 bridgehead atoms. The highest BCUT2D eigenvalue weighted by Crippen LogP contribution is 2.09. The quantitative estimate of drug-likeness (QED) is 0.164. The van der Waals surface area contributed by atoms with Crippen LogP contribution in [0.4, 0.5) is 0 Å². The molecule has 0 saturated heterocycles. The largest absolute Gasteiger partial charge is 0.470 e. The molecule has 0 spiro atoms. The summed E-state index contributed by atoms with van der Waals surface area (Å²) in [5.41, 5.74) is 32.6. The minimum atomic E-state index is -3.18. The Morgan fingerprint density at radius 1 is 0.800 bits per heavy atom. The highest BCUT2D eigenvalue weighted by molar-refractivity contribution is 6.82. The van der Waals surface area contributed by atoms with E-state index >= 15 is 0 Å². The van der Waals surface area contributed by atoms with Crippen LogP contribution in [0.15, 0.2) is 26.3 Å². The molecule has 0 radical (unpaired) electrons. The minimum Gasteiger partial charge on any atom is -0.371 e. The Labute approximate surface area is 87.9 Å². The number of nitrogens with zero attached hydrogens (tertiary/aromatic N) is 3. The summed E-state index contributed by atoms with van der Waals surface area (Å²) in [4.78, 5) is 0. The number of guanidine groups is 3. The maximum atomic E-state index is 5.22. The molecule has 0 aliphatic heterocycles. The Morgan fingerprint density at radius 3 is 1.20 bits per heavy atom. The van der Waals surface area contributed by atoms with Crippen molar-refractivity contribution >= 4 is 26.4 Å². The van der Waals surface area contributed by atoms with Gasteiger partial charge in [-0.1, -0.05) is 0 Å². The maximum absolute atomic E-state index is 5.22. The van der Waals surface area contributed by atoms with Crippen LogP contribution in [0.1, 0.15) is 0 Å². The molecule has 0 heterocycles. The molecule has 0 atom stereocenters. The van der Waals surface area contributed by atoms with Gasteiger partial charge in [-0.05, 0) is 5.70 Å². The van der Waals surface area contributed by atoms with Gasteiger partial charge in [-0.25, -0.2) is 14.0 Å². The van der Waals surface area contributed by atoms with E-state index in [1.807, 2.05) is 0 Å². The molecule has 0 rings (SSSR count). The first kappa shape index (κ1) is 12.8. The summed E-state index contributed by atoms with van der Waals surface area (Å²) in [5.74, 6) is -0.676. The lowest BCUT2D eigenvalue weighted by molar-refractivity contribution is 1.34. The average Bonchev–Trinajstić information content (AvgIpc) is 1.99. The average molecular weight is 229 g/mol. The molecule has 0 aliphatic rings. The predicted octanol–water partition coefficient (Wildman–Crippen LogP) is -3.53. The van der Waals surface area contributed by atoms with Crippen LogP contribution in [-0.4, -0.2) is 26.4 Å². The van der Waals surface area contributed by atoms with Gasteiger partial charge in [-0.2, -0.15) is 0 Å². The van der Waals surface area contributed by atoms with E-state index < -0.39 is 8.56 Å². The molecule has 0 saturated carbocycles. The van der Waals surface area contributed by atoms with Crippen LogP contribution < -0.4 is 34.4 Å². The first-order chi connectivity index (χ1) is 6.81. The first-order valence-electron chi connectivity index (χ1n) is 3.77. The zero-order chi connectivity index (χ0) is 12.1. The van der Waals surface area contributed by atoms with Gasteiger partial charge in [-0.15, -0.1) is 6.58 Å². The highest BCUT2D eigenvalue weighted by atomic mass is 28.4. The summed E-state index contributed by atoms with van der Waals surface area (Å²) in [6.45, 7) is 3.50. The van der Waals surface area contributed by atoms with Crippen molar-refractivity contribution in [2.24, 2.45) is 48.4 Å². The number of hydrogen-bond donors (Lipinski definition) is 6. The lowest BCUT2D eigenvalue weighted by atomic mass is 11.1. The van der Waals surface area contributed by atoms with Crippen LogP contribution in [0.25, 0.3) is 0 Å². The molecule has 0 aromatic rings. The van der Waals surface area contributed by atoms with Gasteiger partial charge in [-0.3, -0.25) is 0 Å². The molecule has 0 aliphatic carbocycles. The van der Waals surface area contributed by atoms with Crippen molar-refractivity contribution in [3.8, 4) is 0 Å². The topological polar surface area (TPSA) is 193 Å². The summed E-state index contributed by atoms with van der Waals surface area (Å²) in [6, 6.07) is 0. The van der Waals surface area contributed by atoms with Gasteiger partial charge < -0.3 is 34.4 Å². The molecule has 10 heteroatoms. The third-order valence-electron chi connectivity index (χ3n) is 1.15. The predicted molar refractivity (Wildman–Crippen MR) is 63.4 cm³/mol. The van der Waals surface area contributed by atoms with Crippen LogP contribution in [0.3, 0.4) is 0 Å². The molecule has 12 N–H and O–H groups in total. The lowest BCUT2D eigenvalue weighted by Gasteiger charge is -2.13. The van der Waals surface area contributed by atoms with Crippen molar-refractivity contribution in [3.05, 3.63) is 12.3 Å². The van der Waals surface area contributed by atoms with Gasteiger partial charge in [0.25, 0.3) is 0 Å². The second-order valence-electron chi connectivity index (χ2n) is 2.50. The first-order valence-corrected chi connectivity index (χ1v) is 5.69. The van der Waals surface area contributed by atoms with Gasteiger partial charge in [0.05, 0.1) is 0 Å². The molecule has 0 unspecified atom stereocenters. The molecule has 9 nitrogen and oxygen atoms in total. The van der Waals surface area contributed by atoms with Crippen molar-refractivity contribution in [2.45, 2.75) is 0 Å². The monoisotopic (exact) mass is 229 g/mol. The summed E-state index contributed by atoms with van der Waals surface area (Å²) in [7, 11) is -3.18. The van der Waals surface area contributed by atoms with E-state index in [4.69, 9.17) is 34.4 Å². The highest BCUT2D eigenvalue weighted by Gasteiger charge is 2.31. The van der Waals surface area contributed by atoms with E-state index in [2.05, 4.69) is 20.6 Å². The molecular weight excluding hydrogens is 214 g/mol. The fourth-order valence-electron chi connectivity index (χ4n) is 0.782. The van der Waals surface area contributed by atoms with Crippen molar-refractivity contribution < 1.29 is 0 Å². The van der Waals surface area contributed by atoms with Gasteiger partial charge in [0.15, 0.2) is 17.9 Å². The lowest BCUT2D eigenvalue weighted by Crippen LogP contribution is -2.41. The molecule has 0 amide bonds. The molecule has 15 heavy (non-hydrogen) atoms. The summed E-state index contributed by atoms with van der Waals surface area (Å²) >= 11 is 0. The zero-order valence-electron chi connectivity index (χ0n) is 8.09. The van der Waals surface area contributed by atoms with Gasteiger partial charge in [0.1, 0.15) is 0 Å². The third-order valence-corrected chi connectivity index (χ3v) is 3.46. The van der Waals surface area contributed by atoms with E-state index in [0.29, 0.717) is 0 Å². The molecule has 0 aromatic heterocycles. The van der Waals surface area contributed by atoms with Crippen LogP contribution in [-0.2, 0) is 0 Å². The summed E-state index contributed by atoms with van der Waals surface area (Å²) < 4.78 is 11.4. The van der Waals surface area contributed by atoms with E-state index in [-0.39, 0.29) is 17.9 Å². The third kappa shape index (κ3) is 4.52. The Hall–Kier alpha value is -2.23. The SMILES string of the molecule is C=C[Si](N=C(N)N)(N=C(N)N)N=C(N)N. The van der Waals surface area contributed by atoms with Crippen LogP contribution in [0.5, 0.6) is 0 Å². The van der Waals surface area contributed by atoms with Gasteiger partial charge >= 0.3 is 8.56 Å². The summed E-state index contributed by atoms with van der Waals surface area (Å²) in [6.07, 6.45) is 0. The molecule has 0 fully saturated rings. The van der Waals surface area contributed by atoms with Gasteiger partial charge in [0.2, 0.25) is 0 Å². The summed E-state index contributed by atoms with van der Waals surface area (Å²) in [5, 5.41) is 0. The molecule has 84 valence electrons. The minimum absolute atomic E-state index is 0.225. The van der Waals surface area contributed by atoms with Crippen LogP contribution in [0, 0.1) is 0 Å². The Kier molecular flexibility index (Phi) is 4.13. The standard InChI is InChI=1S/C5H15N9Si/c1-2-15(12-3(6)7,13-4(8)9)14-5(10)11/h2H,1H2,(H4,6,7,12)(H4,8,9,13)(H4,10,11,14). The van der Waals surface area contributed by atoms with E-state index in [0.717, 1.165) is 0 Å². The van der Waals surface area contributed by atoms with Crippen molar-refractivity contribution in [1.82, 2.24) is 0 Å². The second kappa shape index (κ2) is 4.85. The maximum Gasteiger partial charge on any atom is 0.470 e. The fraction of sp³-hybridized carbons (Fsp3) is 0. The molecule has 0 aromatic carbocycles. The van der Waals surface area contributed by atoms with E-state index in [1.54, 1.807) is 0 Å². The fourth-order valence-corrected chi connectivity index (χ4v) is 2.35. The number of hydrogen-bond acceptors (Lipinski definition) is 3. The number of rotatable bonds is 4. The number of nitrogens with two attached hydrogens (primary N) is 6. The smallest absolute Gasteiger partial charge is 0.371 e. The Balaban J connectivity index is 5.51. The van der Waals surface area contributed by atoms with Crippen molar-refractivity contribution in [3.63, 3.8) is 0 Å². The van der Waals surface area contributed by atoms with Crippen LogP contribution >= 0.6 is 0 Å². The normalized spacial score (nSPS) is 9.87. The second-order valence-corrected chi connectivity index (χ2v) is 4.96. The van der Waals surface area contributed by atoms with Crippen molar-refractivity contribution in [1.29, 1.82) is 0 Å². The van der Waals surface area contributed by atoms with Gasteiger partial charge in [0, 0.05) is 0 Å². The Bertz CT molecular complexity index is 272. The van der Waals surface area contributed by atoms with E-state index in [9.17, 15) is 0 Å². The van der Waals surface area contributed by atoms with Crippen LogP contribution in [0.2, 0.25) is 0 Å². The van der Waals surface area contributed by atoms with Crippen molar-refractivity contribution in [2.75, 3.05) is 0 Å². The van der Waals surface area contributed by atoms with E-state index in [1.165, 1.54) is 5.70 Å². The zero-order valence-corrected chi connectivity index (χ0v) is 9.09.